The summed E-state index contributed by atoms with van der Waals surface area (Å²) in [5, 5.41) is 5.07. The lowest BCUT2D eigenvalue weighted by atomic mass is 9.88. The van der Waals surface area contributed by atoms with Crippen molar-refractivity contribution >= 4 is 17.2 Å². The molecule has 1 aromatic carbocycles. The standard InChI is InChI=1S/C19H24N2OS/c1-12-3-8-16-17(11-23-18(16)9-12)19(22)21-10-14-4-6-15(7-5-14)13(2)20/h4-7,11-13H,3,8-10,20H2,1-2H3,(H,21,22). The topological polar surface area (TPSA) is 55.1 Å². The Balaban J connectivity index is 1.64. The third-order valence-electron chi connectivity index (χ3n) is 4.60. The maximum absolute atomic E-state index is 12.5. The quantitative estimate of drug-likeness (QED) is 0.896. The number of hydrogen-bond donors (Lipinski definition) is 2. The number of hydrogen-bond acceptors (Lipinski definition) is 3. The van der Waals surface area contributed by atoms with Gasteiger partial charge in [0.15, 0.2) is 0 Å². The molecule has 1 aromatic heterocycles. The van der Waals surface area contributed by atoms with Gasteiger partial charge in [-0.15, -0.1) is 11.3 Å². The molecule has 0 fully saturated rings. The van der Waals surface area contributed by atoms with Crippen LogP contribution in [0.3, 0.4) is 0 Å². The van der Waals surface area contributed by atoms with Crippen LogP contribution < -0.4 is 11.1 Å². The number of benzene rings is 1. The molecule has 122 valence electrons. The van der Waals surface area contributed by atoms with Crippen molar-refractivity contribution < 1.29 is 4.79 Å². The molecule has 23 heavy (non-hydrogen) atoms. The Morgan fingerprint density at radius 2 is 2.13 bits per heavy atom. The predicted molar refractivity (Wildman–Crippen MR) is 95.7 cm³/mol. The van der Waals surface area contributed by atoms with E-state index in [4.69, 9.17) is 5.73 Å². The van der Waals surface area contributed by atoms with Crippen LogP contribution in [0.15, 0.2) is 29.6 Å². The highest BCUT2D eigenvalue weighted by molar-refractivity contribution is 7.10. The SMILES string of the molecule is CC1CCc2c(C(=O)NCc3ccc(C(C)N)cc3)csc2C1. The van der Waals surface area contributed by atoms with Gasteiger partial charge in [0.25, 0.3) is 5.91 Å². The van der Waals surface area contributed by atoms with Crippen molar-refractivity contribution in [3.63, 3.8) is 0 Å². The molecule has 0 bridgehead atoms. The van der Waals surface area contributed by atoms with Gasteiger partial charge in [-0.3, -0.25) is 4.79 Å². The molecule has 3 rings (SSSR count). The Kier molecular flexibility index (Phi) is 4.83. The van der Waals surface area contributed by atoms with Crippen molar-refractivity contribution in [1.82, 2.24) is 5.32 Å². The number of nitrogens with one attached hydrogen (secondary N) is 1. The highest BCUT2D eigenvalue weighted by Crippen LogP contribution is 2.32. The van der Waals surface area contributed by atoms with Crippen LogP contribution in [0, 0.1) is 5.92 Å². The van der Waals surface area contributed by atoms with Gasteiger partial charge in [0.1, 0.15) is 0 Å². The Morgan fingerprint density at radius 3 is 2.83 bits per heavy atom. The fourth-order valence-electron chi connectivity index (χ4n) is 3.08. The monoisotopic (exact) mass is 328 g/mol. The molecule has 0 saturated heterocycles. The fraction of sp³-hybridized carbons (Fsp3) is 0.421. The lowest BCUT2D eigenvalue weighted by Gasteiger charge is -2.18. The van der Waals surface area contributed by atoms with Crippen molar-refractivity contribution in [2.45, 2.75) is 45.7 Å². The smallest absolute Gasteiger partial charge is 0.252 e. The number of fused-ring (bicyclic) bond motifs is 1. The Bertz CT molecular complexity index is 688. The van der Waals surface area contributed by atoms with E-state index in [1.165, 1.54) is 16.9 Å². The third-order valence-corrected chi connectivity index (χ3v) is 5.66. The van der Waals surface area contributed by atoms with Crippen LogP contribution in [0.4, 0.5) is 0 Å². The molecule has 4 heteroatoms. The van der Waals surface area contributed by atoms with Crippen molar-refractivity contribution in [2.75, 3.05) is 0 Å². The van der Waals surface area contributed by atoms with Crippen LogP contribution in [0.2, 0.25) is 0 Å². The molecule has 1 heterocycles. The molecule has 2 atom stereocenters. The highest BCUT2D eigenvalue weighted by Gasteiger charge is 2.22. The summed E-state index contributed by atoms with van der Waals surface area (Å²) in [7, 11) is 0. The largest absolute Gasteiger partial charge is 0.348 e. The predicted octanol–water partition coefficient (Wildman–Crippen LogP) is 3.82. The van der Waals surface area contributed by atoms with E-state index in [-0.39, 0.29) is 11.9 Å². The van der Waals surface area contributed by atoms with Crippen LogP contribution in [0.25, 0.3) is 0 Å². The van der Waals surface area contributed by atoms with Gasteiger partial charge in [0.05, 0.1) is 5.56 Å². The number of thiophene rings is 1. The molecule has 3 N–H and O–H groups in total. The minimum atomic E-state index is 0.0401. The van der Waals surface area contributed by atoms with Crippen molar-refractivity contribution in [3.05, 3.63) is 56.8 Å². The van der Waals surface area contributed by atoms with Gasteiger partial charge in [-0.05, 0) is 48.8 Å². The molecule has 1 amide bonds. The van der Waals surface area contributed by atoms with E-state index in [0.29, 0.717) is 6.54 Å². The van der Waals surface area contributed by atoms with E-state index in [0.717, 1.165) is 35.4 Å². The van der Waals surface area contributed by atoms with E-state index in [1.807, 2.05) is 36.6 Å². The van der Waals surface area contributed by atoms with Crippen molar-refractivity contribution in [3.8, 4) is 0 Å². The van der Waals surface area contributed by atoms with Gasteiger partial charge in [0, 0.05) is 22.8 Å². The van der Waals surface area contributed by atoms with Crippen molar-refractivity contribution in [1.29, 1.82) is 0 Å². The summed E-state index contributed by atoms with van der Waals surface area (Å²) >= 11 is 1.74. The third kappa shape index (κ3) is 3.65. The second-order valence-electron chi connectivity index (χ2n) is 6.61. The van der Waals surface area contributed by atoms with E-state index in [1.54, 1.807) is 11.3 Å². The van der Waals surface area contributed by atoms with Crippen LogP contribution >= 0.6 is 11.3 Å². The number of nitrogens with two attached hydrogens (primary N) is 1. The maximum atomic E-state index is 12.5. The van der Waals surface area contributed by atoms with Gasteiger partial charge < -0.3 is 11.1 Å². The average Bonchev–Trinajstić information content (AvgIpc) is 2.96. The average molecular weight is 328 g/mol. The summed E-state index contributed by atoms with van der Waals surface area (Å²) in [5.41, 5.74) is 10.2. The number of carbonyl (C=O) groups excluding carboxylic acids is 1. The molecule has 2 aromatic rings. The molecule has 1 aliphatic rings. The first-order valence-electron chi connectivity index (χ1n) is 8.26. The minimum Gasteiger partial charge on any atom is -0.348 e. The second kappa shape index (κ2) is 6.85. The van der Waals surface area contributed by atoms with Gasteiger partial charge in [0.2, 0.25) is 0 Å². The number of amides is 1. The van der Waals surface area contributed by atoms with E-state index < -0.39 is 0 Å². The van der Waals surface area contributed by atoms with Crippen LogP contribution in [-0.4, -0.2) is 5.91 Å². The molecule has 2 unspecified atom stereocenters. The van der Waals surface area contributed by atoms with Gasteiger partial charge in [-0.1, -0.05) is 31.2 Å². The van der Waals surface area contributed by atoms with Crippen LogP contribution in [0.1, 0.15) is 58.2 Å². The summed E-state index contributed by atoms with van der Waals surface area (Å²) in [4.78, 5) is 13.9. The first kappa shape index (κ1) is 16.2. The van der Waals surface area contributed by atoms with Crippen LogP contribution in [0.5, 0.6) is 0 Å². The number of rotatable bonds is 4. The van der Waals surface area contributed by atoms with Crippen molar-refractivity contribution in [2.24, 2.45) is 11.7 Å². The first-order chi connectivity index (χ1) is 11.0. The number of carbonyl (C=O) groups is 1. The molecule has 1 aliphatic carbocycles. The zero-order valence-corrected chi connectivity index (χ0v) is 14.6. The Morgan fingerprint density at radius 1 is 1.39 bits per heavy atom. The molecule has 0 radical (unpaired) electrons. The van der Waals surface area contributed by atoms with Crippen LogP contribution in [-0.2, 0) is 19.4 Å². The lowest BCUT2D eigenvalue weighted by molar-refractivity contribution is 0.0950. The normalized spacial score (nSPS) is 18.3. The zero-order chi connectivity index (χ0) is 16.4. The molecule has 0 saturated carbocycles. The van der Waals surface area contributed by atoms with Gasteiger partial charge in [-0.2, -0.15) is 0 Å². The summed E-state index contributed by atoms with van der Waals surface area (Å²) < 4.78 is 0. The Labute approximate surface area is 141 Å². The molecular weight excluding hydrogens is 304 g/mol. The summed E-state index contributed by atoms with van der Waals surface area (Å²) in [6.45, 7) is 4.81. The Hall–Kier alpha value is -1.65. The lowest BCUT2D eigenvalue weighted by Crippen LogP contribution is -2.24. The molecule has 0 spiro atoms. The maximum Gasteiger partial charge on any atom is 0.252 e. The fourth-order valence-corrected chi connectivity index (χ4v) is 4.33. The summed E-state index contributed by atoms with van der Waals surface area (Å²) in [6.07, 6.45) is 3.33. The molecule has 0 aliphatic heterocycles. The van der Waals surface area contributed by atoms with Gasteiger partial charge in [-0.25, -0.2) is 0 Å². The first-order valence-corrected chi connectivity index (χ1v) is 9.14. The molecule has 3 nitrogen and oxygen atoms in total. The van der Waals surface area contributed by atoms with E-state index in [9.17, 15) is 4.79 Å². The van der Waals surface area contributed by atoms with E-state index >= 15 is 0 Å². The zero-order valence-electron chi connectivity index (χ0n) is 13.8. The minimum absolute atomic E-state index is 0.0401. The van der Waals surface area contributed by atoms with E-state index in [2.05, 4.69) is 12.2 Å². The highest BCUT2D eigenvalue weighted by atomic mass is 32.1. The van der Waals surface area contributed by atoms with Gasteiger partial charge >= 0.3 is 0 Å². The molecular formula is C19H24N2OS. The summed E-state index contributed by atoms with van der Waals surface area (Å²) in [5.74, 6) is 0.786. The second-order valence-corrected chi connectivity index (χ2v) is 7.58. The summed E-state index contributed by atoms with van der Waals surface area (Å²) in [6, 6.07) is 8.16.